The molecular weight excluding hydrogens is 397 g/mol. The van der Waals surface area contributed by atoms with E-state index in [4.69, 9.17) is 4.42 Å². The maximum atomic E-state index is 13.6. The molecule has 0 radical (unpaired) electrons. The van der Waals surface area contributed by atoms with Crippen LogP contribution >= 0.6 is 0 Å². The van der Waals surface area contributed by atoms with E-state index in [1.807, 2.05) is 6.07 Å². The number of alkyl halides is 3. The molecule has 0 bridgehead atoms. The number of carbonyl (C=O) groups excluding carboxylic acids is 1. The standard InChI is InChI=1S/C21H17F3N4O2/c22-21(23,24)18-10-15(14-7-9-30-13-14)11-28-12-17(26-19(18)28)6-8-25-20(29)27-16-4-2-1-3-5-16/h1-5,7,9-13H,6,8H2,(H2,25,27,29). The summed E-state index contributed by atoms with van der Waals surface area (Å²) in [6.07, 6.45) is 1.61. The Morgan fingerprint density at radius 3 is 2.60 bits per heavy atom. The van der Waals surface area contributed by atoms with Gasteiger partial charge in [0.15, 0.2) is 0 Å². The minimum absolute atomic E-state index is 0.182. The SMILES string of the molecule is O=C(NCCc1cn2cc(-c3ccoc3)cc(C(F)(F)F)c2n1)Nc1ccccc1. The van der Waals surface area contributed by atoms with Crippen LogP contribution in [0, 0.1) is 0 Å². The van der Waals surface area contributed by atoms with E-state index in [0.29, 0.717) is 22.5 Å². The number of hydrogen-bond donors (Lipinski definition) is 2. The topological polar surface area (TPSA) is 71.6 Å². The van der Waals surface area contributed by atoms with Crippen molar-refractivity contribution in [3.05, 3.63) is 78.6 Å². The van der Waals surface area contributed by atoms with Crippen LogP contribution in [0.15, 0.2) is 71.8 Å². The van der Waals surface area contributed by atoms with Gasteiger partial charge in [-0.3, -0.25) is 0 Å². The number of nitrogens with zero attached hydrogens (tertiary/aromatic N) is 2. The van der Waals surface area contributed by atoms with Crippen LogP contribution in [0.3, 0.4) is 0 Å². The minimum atomic E-state index is -4.56. The number of hydrogen-bond acceptors (Lipinski definition) is 3. The third-order valence-corrected chi connectivity index (χ3v) is 4.46. The van der Waals surface area contributed by atoms with Gasteiger partial charge in [0.1, 0.15) is 5.65 Å². The van der Waals surface area contributed by atoms with Crippen molar-refractivity contribution >= 4 is 17.4 Å². The van der Waals surface area contributed by atoms with Crippen molar-refractivity contribution in [1.82, 2.24) is 14.7 Å². The number of nitrogens with one attached hydrogen (secondary N) is 2. The van der Waals surface area contributed by atoms with Gasteiger partial charge < -0.3 is 19.5 Å². The first-order valence-corrected chi connectivity index (χ1v) is 9.11. The molecule has 4 rings (SSSR count). The Morgan fingerprint density at radius 1 is 1.10 bits per heavy atom. The van der Waals surface area contributed by atoms with Gasteiger partial charge in [0.05, 0.1) is 23.8 Å². The van der Waals surface area contributed by atoms with Crippen LogP contribution < -0.4 is 10.6 Å². The molecule has 1 aromatic carbocycles. The maximum Gasteiger partial charge on any atom is 0.420 e. The molecule has 0 fully saturated rings. The summed E-state index contributed by atoms with van der Waals surface area (Å²) in [5.74, 6) is 0. The van der Waals surface area contributed by atoms with E-state index in [0.717, 1.165) is 6.07 Å². The lowest BCUT2D eigenvalue weighted by atomic mass is 10.1. The summed E-state index contributed by atoms with van der Waals surface area (Å²) < 4.78 is 47.0. The van der Waals surface area contributed by atoms with Gasteiger partial charge in [0, 0.05) is 42.2 Å². The average molecular weight is 414 g/mol. The zero-order valence-electron chi connectivity index (χ0n) is 15.6. The molecular formula is C21H17F3N4O2. The molecule has 0 aliphatic rings. The fourth-order valence-corrected chi connectivity index (χ4v) is 3.07. The van der Waals surface area contributed by atoms with Crippen molar-refractivity contribution in [1.29, 1.82) is 0 Å². The first-order valence-electron chi connectivity index (χ1n) is 9.11. The highest BCUT2D eigenvalue weighted by Crippen LogP contribution is 2.35. The van der Waals surface area contributed by atoms with E-state index < -0.39 is 17.8 Å². The molecule has 30 heavy (non-hydrogen) atoms. The summed E-state index contributed by atoms with van der Waals surface area (Å²) in [6, 6.07) is 11.2. The van der Waals surface area contributed by atoms with Crippen LogP contribution in [-0.4, -0.2) is 22.0 Å². The molecule has 4 aromatic rings. The molecule has 6 nitrogen and oxygen atoms in total. The summed E-state index contributed by atoms with van der Waals surface area (Å²) in [5, 5.41) is 5.34. The monoisotopic (exact) mass is 414 g/mol. The van der Waals surface area contributed by atoms with E-state index in [1.54, 1.807) is 36.5 Å². The average Bonchev–Trinajstić information content (AvgIpc) is 3.36. The highest BCUT2D eigenvalue weighted by Gasteiger charge is 2.34. The molecule has 154 valence electrons. The molecule has 0 spiro atoms. The molecule has 0 aliphatic heterocycles. The summed E-state index contributed by atoms with van der Waals surface area (Å²) in [5.41, 5.74) is 0.972. The van der Waals surface area contributed by atoms with Gasteiger partial charge in [-0.25, -0.2) is 9.78 Å². The third-order valence-electron chi connectivity index (χ3n) is 4.46. The number of rotatable bonds is 5. The molecule has 3 aromatic heterocycles. The second kappa shape index (κ2) is 7.94. The molecule has 0 unspecified atom stereocenters. The van der Waals surface area contributed by atoms with Crippen molar-refractivity contribution in [2.45, 2.75) is 12.6 Å². The number of halogens is 3. The molecule has 0 aliphatic carbocycles. The van der Waals surface area contributed by atoms with Crippen molar-refractivity contribution in [2.75, 3.05) is 11.9 Å². The van der Waals surface area contributed by atoms with Gasteiger partial charge in [-0.2, -0.15) is 13.2 Å². The number of fused-ring (bicyclic) bond motifs is 1. The van der Waals surface area contributed by atoms with Crippen molar-refractivity contribution < 1.29 is 22.4 Å². The molecule has 3 heterocycles. The number of benzene rings is 1. The number of furan rings is 1. The van der Waals surface area contributed by atoms with Crippen molar-refractivity contribution in [3.63, 3.8) is 0 Å². The highest BCUT2D eigenvalue weighted by molar-refractivity contribution is 5.89. The Bertz CT molecular complexity index is 1150. The van der Waals surface area contributed by atoms with Crippen LogP contribution in [0.2, 0.25) is 0 Å². The number of imidazole rings is 1. The van der Waals surface area contributed by atoms with Crippen LogP contribution in [0.25, 0.3) is 16.8 Å². The predicted molar refractivity (Wildman–Crippen MR) is 105 cm³/mol. The highest BCUT2D eigenvalue weighted by atomic mass is 19.4. The molecule has 0 saturated heterocycles. The lowest BCUT2D eigenvalue weighted by Crippen LogP contribution is -2.30. The van der Waals surface area contributed by atoms with E-state index in [2.05, 4.69) is 15.6 Å². The van der Waals surface area contributed by atoms with Crippen molar-refractivity contribution in [3.8, 4) is 11.1 Å². The number of anilines is 1. The largest absolute Gasteiger partial charge is 0.472 e. The maximum absolute atomic E-state index is 13.6. The van der Waals surface area contributed by atoms with Gasteiger partial charge in [-0.15, -0.1) is 0 Å². The molecule has 9 heteroatoms. The second-order valence-corrected chi connectivity index (χ2v) is 6.61. The molecule has 0 saturated carbocycles. The lowest BCUT2D eigenvalue weighted by Gasteiger charge is -2.10. The zero-order chi connectivity index (χ0) is 21.1. The first kappa shape index (κ1) is 19.6. The number of para-hydroxylation sites is 1. The van der Waals surface area contributed by atoms with Crippen molar-refractivity contribution in [2.24, 2.45) is 0 Å². The summed E-state index contributed by atoms with van der Waals surface area (Å²) in [7, 11) is 0. The number of aromatic nitrogens is 2. The van der Waals surface area contributed by atoms with Gasteiger partial charge >= 0.3 is 12.2 Å². The quantitative estimate of drug-likeness (QED) is 0.484. The number of carbonyl (C=O) groups is 1. The fraction of sp³-hybridized carbons (Fsp3) is 0.143. The van der Waals surface area contributed by atoms with Gasteiger partial charge in [0.25, 0.3) is 0 Å². The van der Waals surface area contributed by atoms with Crippen LogP contribution in [0.5, 0.6) is 0 Å². The summed E-state index contributed by atoms with van der Waals surface area (Å²) in [6.45, 7) is 0.221. The smallest absolute Gasteiger partial charge is 0.420 e. The lowest BCUT2D eigenvalue weighted by molar-refractivity contribution is -0.136. The summed E-state index contributed by atoms with van der Waals surface area (Å²) >= 11 is 0. The Hall–Kier alpha value is -3.75. The van der Waals surface area contributed by atoms with E-state index >= 15 is 0 Å². The Labute approximate surface area is 169 Å². The van der Waals surface area contributed by atoms with Crippen LogP contribution in [-0.2, 0) is 12.6 Å². The number of pyridine rings is 1. The molecule has 0 atom stereocenters. The zero-order valence-corrected chi connectivity index (χ0v) is 15.6. The first-order chi connectivity index (χ1) is 14.4. The van der Waals surface area contributed by atoms with E-state index in [1.165, 1.54) is 23.1 Å². The third kappa shape index (κ3) is 4.29. The number of amides is 2. The van der Waals surface area contributed by atoms with E-state index in [-0.39, 0.29) is 18.6 Å². The normalized spacial score (nSPS) is 11.6. The Kier molecular flexibility index (Phi) is 5.18. The van der Waals surface area contributed by atoms with Crippen LogP contribution in [0.1, 0.15) is 11.3 Å². The summed E-state index contributed by atoms with van der Waals surface area (Å²) in [4.78, 5) is 16.1. The van der Waals surface area contributed by atoms with E-state index in [9.17, 15) is 18.0 Å². The number of urea groups is 1. The molecule has 2 amide bonds. The van der Waals surface area contributed by atoms with Crippen LogP contribution in [0.4, 0.5) is 23.7 Å². The fourth-order valence-electron chi connectivity index (χ4n) is 3.07. The predicted octanol–water partition coefficient (Wildman–Crippen LogP) is 4.98. The van der Waals surface area contributed by atoms with Gasteiger partial charge in [-0.1, -0.05) is 18.2 Å². The second-order valence-electron chi connectivity index (χ2n) is 6.61. The Morgan fingerprint density at radius 2 is 1.90 bits per heavy atom. The Balaban J connectivity index is 1.50. The van der Waals surface area contributed by atoms with Gasteiger partial charge in [0.2, 0.25) is 0 Å². The molecule has 2 N–H and O–H groups in total. The minimum Gasteiger partial charge on any atom is -0.472 e. The van der Waals surface area contributed by atoms with Gasteiger partial charge in [-0.05, 0) is 24.3 Å².